The number of benzene rings is 3. The summed E-state index contributed by atoms with van der Waals surface area (Å²) in [5.74, 6) is -3.72. The Bertz CT molecular complexity index is 1500. The van der Waals surface area contributed by atoms with E-state index >= 15 is 0 Å². The first-order valence-corrected chi connectivity index (χ1v) is 11.1. The van der Waals surface area contributed by atoms with Gasteiger partial charge in [0, 0.05) is 35.0 Å². The van der Waals surface area contributed by atoms with Gasteiger partial charge in [-0.05, 0) is 48.4 Å². The van der Waals surface area contributed by atoms with E-state index < -0.39 is 39.8 Å². The third-order valence-corrected chi connectivity index (χ3v) is 5.56. The Hall–Kier alpha value is -5.26. The third kappa shape index (κ3) is 5.75. The minimum atomic E-state index is -0.849. The van der Waals surface area contributed by atoms with Gasteiger partial charge < -0.3 is 14.8 Å². The number of carbonyl (C=O) groups excluding carboxylic acids is 2. The number of furan rings is 1. The van der Waals surface area contributed by atoms with E-state index in [1.54, 1.807) is 30.3 Å². The van der Waals surface area contributed by atoms with Gasteiger partial charge in [0.15, 0.2) is 5.75 Å². The molecule has 4 N–H and O–H groups in total. The Morgan fingerprint density at radius 1 is 0.947 bits per heavy atom. The number of amides is 2. The highest BCUT2D eigenvalue weighted by Gasteiger charge is 2.20. The van der Waals surface area contributed by atoms with Gasteiger partial charge in [-0.3, -0.25) is 30.6 Å². The molecule has 0 radical (unpaired) electrons. The number of anilines is 1. The molecule has 0 aliphatic heterocycles. The van der Waals surface area contributed by atoms with E-state index in [9.17, 15) is 33.6 Å². The number of aromatic hydroxyl groups is 1. The van der Waals surface area contributed by atoms with Crippen molar-refractivity contribution >= 4 is 23.2 Å². The predicted octanol–water partition coefficient (Wildman–Crippen LogP) is 5.09. The van der Waals surface area contributed by atoms with Gasteiger partial charge in [0.1, 0.15) is 11.6 Å². The Morgan fingerprint density at radius 3 is 2.26 bits per heavy atom. The molecule has 1 aromatic heterocycles. The molecule has 0 fully saturated rings. The van der Waals surface area contributed by atoms with Crippen molar-refractivity contribution in [2.45, 2.75) is 13.0 Å². The molecular weight excluding hydrogens is 502 g/mol. The Balaban J connectivity index is 1.42. The molecule has 3 aromatic carbocycles. The molecule has 10 nitrogen and oxygen atoms in total. The summed E-state index contributed by atoms with van der Waals surface area (Å²) >= 11 is 0. The lowest BCUT2D eigenvalue weighted by molar-refractivity contribution is -0.385. The standard InChI is InChI=1S/C26H20F2N4O6/c1-14(29-20-12-18(27)11-19(28)13-20)15-2-4-16(5-3-15)21-8-9-38-24(21)26(35)31-30-25(34)17-6-7-23(33)22(10-17)32(36)37/h2-14,29,33H,1H3,(H,30,34)(H,31,35)/t14-/m1/s1. The fourth-order valence-corrected chi connectivity index (χ4v) is 3.69. The van der Waals surface area contributed by atoms with Crippen LogP contribution in [0.3, 0.4) is 0 Å². The molecule has 38 heavy (non-hydrogen) atoms. The van der Waals surface area contributed by atoms with E-state index in [-0.39, 0.29) is 23.1 Å². The summed E-state index contributed by atoms with van der Waals surface area (Å²) in [4.78, 5) is 35.1. The summed E-state index contributed by atoms with van der Waals surface area (Å²) < 4.78 is 32.2. The maximum atomic E-state index is 13.5. The van der Waals surface area contributed by atoms with Gasteiger partial charge in [-0.25, -0.2) is 8.78 Å². The van der Waals surface area contributed by atoms with E-state index in [1.165, 1.54) is 18.4 Å². The van der Waals surface area contributed by atoms with Crippen LogP contribution in [0, 0.1) is 21.7 Å². The van der Waals surface area contributed by atoms with E-state index in [0.29, 0.717) is 11.1 Å². The van der Waals surface area contributed by atoms with Crippen LogP contribution in [0.5, 0.6) is 5.75 Å². The maximum absolute atomic E-state index is 13.5. The highest BCUT2D eigenvalue weighted by Crippen LogP contribution is 2.28. The summed E-state index contributed by atoms with van der Waals surface area (Å²) in [5.41, 5.74) is 5.66. The third-order valence-electron chi connectivity index (χ3n) is 5.56. The number of hydrogen-bond donors (Lipinski definition) is 4. The van der Waals surface area contributed by atoms with Gasteiger partial charge in [0.05, 0.1) is 11.2 Å². The van der Waals surface area contributed by atoms with Crippen LogP contribution in [0.15, 0.2) is 77.4 Å². The second kappa shape index (κ2) is 10.8. The van der Waals surface area contributed by atoms with Gasteiger partial charge in [-0.2, -0.15) is 0 Å². The van der Waals surface area contributed by atoms with E-state index in [1.807, 2.05) is 6.92 Å². The van der Waals surface area contributed by atoms with Crippen molar-refractivity contribution in [1.82, 2.24) is 10.9 Å². The zero-order valence-corrected chi connectivity index (χ0v) is 19.7. The number of nitrogens with zero attached hydrogens (tertiary/aromatic N) is 1. The number of nitrogens with one attached hydrogen (secondary N) is 3. The molecule has 0 aliphatic rings. The van der Waals surface area contributed by atoms with Crippen LogP contribution in [0.4, 0.5) is 20.2 Å². The molecule has 2 amide bonds. The summed E-state index contributed by atoms with van der Waals surface area (Å²) in [5, 5.41) is 23.5. The molecule has 12 heteroatoms. The van der Waals surface area contributed by atoms with Crippen LogP contribution < -0.4 is 16.2 Å². The number of phenolic OH excluding ortho intramolecular Hbond substituents is 1. The normalized spacial score (nSPS) is 11.4. The van der Waals surface area contributed by atoms with E-state index in [4.69, 9.17) is 4.42 Å². The summed E-state index contributed by atoms with van der Waals surface area (Å²) in [6.07, 6.45) is 1.30. The summed E-state index contributed by atoms with van der Waals surface area (Å²) in [6.45, 7) is 1.82. The van der Waals surface area contributed by atoms with Gasteiger partial charge in [-0.1, -0.05) is 24.3 Å². The fraction of sp³-hybridized carbons (Fsp3) is 0.0769. The molecule has 0 aliphatic carbocycles. The second-order valence-electron chi connectivity index (χ2n) is 8.18. The molecule has 0 unspecified atom stereocenters. The van der Waals surface area contributed by atoms with Crippen molar-refractivity contribution in [2.24, 2.45) is 0 Å². The molecule has 0 saturated carbocycles. The quantitative estimate of drug-likeness (QED) is 0.195. The van der Waals surface area contributed by atoms with Crippen molar-refractivity contribution in [1.29, 1.82) is 0 Å². The Labute approximate surface area is 214 Å². The van der Waals surface area contributed by atoms with E-state index in [0.717, 1.165) is 29.8 Å². The molecule has 0 bridgehead atoms. The molecule has 1 heterocycles. The maximum Gasteiger partial charge on any atom is 0.311 e. The van der Waals surface area contributed by atoms with Crippen molar-refractivity contribution in [3.05, 3.63) is 112 Å². The fourth-order valence-electron chi connectivity index (χ4n) is 3.69. The number of hydrazine groups is 1. The van der Waals surface area contributed by atoms with Crippen molar-refractivity contribution in [3.63, 3.8) is 0 Å². The largest absolute Gasteiger partial charge is 0.502 e. The minimum absolute atomic E-state index is 0.101. The van der Waals surface area contributed by atoms with Crippen LogP contribution in [-0.4, -0.2) is 21.8 Å². The Morgan fingerprint density at radius 2 is 1.61 bits per heavy atom. The first-order chi connectivity index (χ1) is 18.1. The predicted molar refractivity (Wildman–Crippen MR) is 132 cm³/mol. The second-order valence-corrected chi connectivity index (χ2v) is 8.18. The SMILES string of the molecule is C[C@@H](Nc1cc(F)cc(F)c1)c1ccc(-c2ccoc2C(=O)NNC(=O)c2ccc(O)c([N+](=O)[O-])c2)cc1. The number of rotatable bonds is 7. The Kier molecular flexibility index (Phi) is 7.33. The highest BCUT2D eigenvalue weighted by molar-refractivity contribution is 6.01. The zero-order chi connectivity index (χ0) is 27.4. The number of phenols is 1. The average Bonchev–Trinajstić information content (AvgIpc) is 3.37. The van der Waals surface area contributed by atoms with Crippen LogP contribution in [0.2, 0.25) is 0 Å². The molecule has 1 atom stereocenters. The molecule has 0 saturated heterocycles. The van der Waals surface area contributed by atoms with Crippen LogP contribution in [0.25, 0.3) is 11.1 Å². The van der Waals surface area contributed by atoms with Crippen molar-refractivity contribution in [3.8, 4) is 16.9 Å². The van der Waals surface area contributed by atoms with Gasteiger partial charge in [0.25, 0.3) is 5.91 Å². The van der Waals surface area contributed by atoms with Crippen LogP contribution >= 0.6 is 0 Å². The van der Waals surface area contributed by atoms with Crippen LogP contribution in [0.1, 0.15) is 39.4 Å². The summed E-state index contributed by atoms with van der Waals surface area (Å²) in [7, 11) is 0. The average molecular weight is 522 g/mol. The van der Waals surface area contributed by atoms with Gasteiger partial charge in [0.2, 0.25) is 5.76 Å². The first kappa shape index (κ1) is 25.8. The van der Waals surface area contributed by atoms with Gasteiger partial charge in [-0.15, -0.1) is 0 Å². The van der Waals surface area contributed by atoms with Crippen molar-refractivity contribution < 1.29 is 32.8 Å². The van der Waals surface area contributed by atoms with Crippen molar-refractivity contribution in [2.75, 3.05) is 5.32 Å². The van der Waals surface area contributed by atoms with Crippen LogP contribution in [-0.2, 0) is 0 Å². The molecule has 194 valence electrons. The van der Waals surface area contributed by atoms with Gasteiger partial charge >= 0.3 is 11.6 Å². The summed E-state index contributed by atoms with van der Waals surface area (Å²) in [6, 6.07) is 14.5. The number of nitro benzene ring substituents is 1. The smallest absolute Gasteiger partial charge is 0.311 e. The lowest BCUT2D eigenvalue weighted by atomic mass is 10.0. The number of nitro groups is 1. The lowest BCUT2D eigenvalue weighted by Gasteiger charge is -2.16. The number of halogens is 2. The topological polar surface area (TPSA) is 147 Å². The molecule has 4 aromatic rings. The lowest BCUT2D eigenvalue weighted by Crippen LogP contribution is -2.41. The number of hydrogen-bond acceptors (Lipinski definition) is 7. The first-order valence-electron chi connectivity index (χ1n) is 11.1. The van der Waals surface area contributed by atoms with E-state index in [2.05, 4.69) is 16.2 Å². The molecule has 0 spiro atoms. The molecule has 4 rings (SSSR count). The minimum Gasteiger partial charge on any atom is -0.502 e. The number of carbonyl (C=O) groups is 2. The zero-order valence-electron chi connectivity index (χ0n) is 19.7. The molecular formula is C26H20F2N4O6. The highest BCUT2D eigenvalue weighted by atomic mass is 19.1. The monoisotopic (exact) mass is 522 g/mol.